The molecule has 3 aliphatic rings. The van der Waals surface area contributed by atoms with Gasteiger partial charge in [-0.3, -0.25) is 4.79 Å². The molecule has 0 unspecified atom stereocenters. The predicted molar refractivity (Wildman–Crippen MR) is 113 cm³/mol. The largest absolute Gasteiger partial charge is 0.459 e. The van der Waals surface area contributed by atoms with Gasteiger partial charge in [0.1, 0.15) is 6.61 Å². The maximum absolute atomic E-state index is 13.1. The summed E-state index contributed by atoms with van der Waals surface area (Å²) in [5.41, 5.74) is 3.94. The lowest BCUT2D eigenvalue weighted by molar-refractivity contribution is -0.142. The Balaban J connectivity index is 1.68. The van der Waals surface area contributed by atoms with Crippen LogP contribution in [-0.4, -0.2) is 37.3 Å². The summed E-state index contributed by atoms with van der Waals surface area (Å²) in [4.78, 5) is 27.2. The molecule has 0 amide bonds. The van der Waals surface area contributed by atoms with Crippen LogP contribution in [0.15, 0.2) is 51.7 Å². The van der Waals surface area contributed by atoms with Crippen molar-refractivity contribution in [2.24, 2.45) is 0 Å². The number of allylic oxidation sites excluding steroid dienone is 3. The first kappa shape index (κ1) is 20.2. The maximum atomic E-state index is 13.1. The van der Waals surface area contributed by atoms with Crippen LogP contribution < -0.4 is 5.32 Å². The summed E-state index contributed by atoms with van der Waals surface area (Å²) < 4.78 is 11.2. The number of rotatable bonds is 5. The number of ether oxygens (including phenoxy) is 2. The number of carbonyl (C=O) groups is 2. The Morgan fingerprint density at radius 3 is 2.72 bits per heavy atom. The lowest BCUT2D eigenvalue weighted by Gasteiger charge is -2.34. The smallest absolute Gasteiger partial charge is 0.336 e. The number of hydrogen-bond donors (Lipinski definition) is 1. The van der Waals surface area contributed by atoms with Crippen molar-refractivity contribution in [3.8, 4) is 0 Å². The Kier molecular flexibility index (Phi) is 6.11. The number of Topliss-reactive ketones (excluding diaryl/α,β-unsaturated/α-hetero) is 1. The summed E-state index contributed by atoms with van der Waals surface area (Å²) in [7, 11) is 0. The second-order valence-electron chi connectivity index (χ2n) is 7.77. The Morgan fingerprint density at radius 2 is 2.03 bits per heavy atom. The van der Waals surface area contributed by atoms with Gasteiger partial charge in [0.15, 0.2) is 5.78 Å². The summed E-state index contributed by atoms with van der Waals surface area (Å²) in [5, 5.41) is 3.33. The van der Waals surface area contributed by atoms with Crippen molar-refractivity contribution in [2.75, 3.05) is 19.5 Å². The van der Waals surface area contributed by atoms with Gasteiger partial charge >= 0.3 is 5.97 Å². The molecule has 0 radical (unpaired) electrons. The molecule has 5 nitrogen and oxygen atoms in total. The summed E-state index contributed by atoms with van der Waals surface area (Å²) in [6.07, 6.45) is 6.12. The highest BCUT2D eigenvalue weighted by molar-refractivity contribution is 7.98. The third kappa shape index (κ3) is 4.14. The van der Waals surface area contributed by atoms with Crippen LogP contribution in [0.3, 0.4) is 0 Å². The molecule has 0 saturated carbocycles. The van der Waals surface area contributed by atoms with Gasteiger partial charge in [0.05, 0.1) is 11.7 Å². The van der Waals surface area contributed by atoms with Gasteiger partial charge in [0.2, 0.25) is 0 Å². The van der Waals surface area contributed by atoms with E-state index in [4.69, 9.17) is 9.47 Å². The molecule has 29 heavy (non-hydrogen) atoms. The Hall–Kier alpha value is -2.05. The number of nitrogens with one attached hydrogen (secondary N) is 1. The Labute approximate surface area is 175 Å². The number of ketones is 1. The molecule has 1 aromatic rings. The van der Waals surface area contributed by atoms with Gasteiger partial charge in [-0.2, -0.15) is 0 Å². The summed E-state index contributed by atoms with van der Waals surface area (Å²) in [5.74, 6) is -0.629. The van der Waals surface area contributed by atoms with Crippen molar-refractivity contribution in [2.45, 2.75) is 55.9 Å². The molecule has 6 heteroatoms. The van der Waals surface area contributed by atoms with E-state index in [0.29, 0.717) is 12.0 Å². The van der Waals surface area contributed by atoms with E-state index in [1.807, 2.05) is 37.4 Å². The quantitative estimate of drug-likeness (QED) is 0.579. The molecule has 2 aliphatic heterocycles. The zero-order chi connectivity index (χ0) is 20.4. The molecule has 4 rings (SSSR count). The standard InChI is InChI=1S/C23H27NO4S/c1-14-20(23(26)28-13-16-5-4-12-27-16)21(15-8-10-17(29-2)11-9-15)22-18(24-14)6-3-7-19(22)25/h8-11,16,21,24H,3-7,12-13H2,1-2H3/t16-,21-/m1/s1. The average molecular weight is 414 g/mol. The number of esters is 1. The van der Waals surface area contributed by atoms with Gasteiger partial charge in [-0.15, -0.1) is 11.8 Å². The van der Waals surface area contributed by atoms with E-state index in [0.717, 1.165) is 59.7 Å². The van der Waals surface area contributed by atoms with Crippen LogP contribution in [0.25, 0.3) is 0 Å². The number of dihydropyridines is 1. The minimum Gasteiger partial charge on any atom is -0.459 e. The highest BCUT2D eigenvalue weighted by Crippen LogP contribution is 2.42. The molecule has 0 bridgehead atoms. The van der Waals surface area contributed by atoms with Crippen molar-refractivity contribution >= 4 is 23.5 Å². The van der Waals surface area contributed by atoms with E-state index in [1.165, 1.54) is 0 Å². The molecule has 1 N–H and O–H groups in total. The van der Waals surface area contributed by atoms with Crippen molar-refractivity contribution in [3.05, 3.63) is 52.4 Å². The Bertz CT molecular complexity index is 865. The van der Waals surface area contributed by atoms with Crippen LogP contribution in [0.5, 0.6) is 0 Å². The van der Waals surface area contributed by atoms with Gasteiger partial charge in [-0.25, -0.2) is 4.79 Å². The molecule has 0 aromatic heterocycles. The number of hydrogen-bond acceptors (Lipinski definition) is 6. The third-order valence-corrected chi connectivity index (χ3v) is 6.61. The van der Waals surface area contributed by atoms with Crippen molar-refractivity contribution in [1.82, 2.24) is 5.32 Å². The van der Waals surface area contributed by atoms with Crippen LogP contribution in [0.2, 0.25) is 0 Å². The van der Waals surface area contributed by atoms with Crippen LogP contribution in [0, 0.1) is 0 Å². The molecule has 1 saturated heterocycles. The minimum atomic E-state index is -0.382. The number of carbonyl (C=O) groups excluding carboxylic acids is 2. The molecule has 1 aromatic carbocycles. The summed E-state index contributed by atoms with van der Waals surface area (Å²) >= 11 is 1.67. The van der Waals surface area contributed by atoms with Crippen molar-refractivity contribution < 1.29 is 19.1 Å². The molecule has 2 atom stereocenters. The highest BCUT2D eigenvalue weighted by atomic mass is 32.2. The first-order valence-electron chi connectivity index (χ1n) is 10.2. The van der Waals surface area contributed by atoms with Crippen LogP contribution >= 0.6 is 11.8 Å². The third-order valence-electron chi connectivity index (χ3n) is 5.87. The highest BCUT2D eigenvalue weighted by Gasteiger charge is 2.39. The Morgan fingerprint density at radius 1 is 1.24 bits per heavy atom. The molecule has 1 fully saturated rings. The first-order chi connectivity index (χ1) is 14.1. The van der Waals surface area contributed by atoms with Crippen molar-refractivity contribution in [3.63, 3.8) is 0 Å². The van der Waals surface area contributed by atoms with Gasteiger partial charge < -0.3 is 14.8 Å². The van der Waals surface area contributed by atoms with E-state index < -0.39 is 0 Å². The summed E-state index contributed by atoms with van der Waals surface area (Å²) in [6.45, 7) is 2.88. The van der Waals surface area contributed by atoms with Crippen LogP contribution in [0.1, 0.15) is 50.5 Å². The normalized spacial score (nSPS) is 24.4. The van der Waals surface area contributed by atoms with Gasteiger partial charge in [-0.1, -0.05) is 12.1 Å². The monoisotopic (exact) mass is 413 g/mol. The number of thioether (sulfide) groups is 1. The zero-order valence-electron chi connectivity index (χ0n) is 17.0. The fraction of sp³-hybridized carbons (Fsp3) is 0.478. The second-order valence-corrected chi connectivity index (χ2v) is 8.65. The fourth-order valence-electron chi connectivity index (χ4n) is 4.41. The lowest BCUT2D eigenvalue weighted by atomic mass is 9.75. The molecule has 2 heterocycles. The van der Waals surface area contributed by atoms with E-state index in [9.17, 15) is 9.59 Å². The molecular weight excluding hydrogens is 386 g/mol. The van der Waals surface area contributed by atoms with E-state index in [2.05, 4.69) is 5.32 Å². The first-order valence-corrected chi connectivity index (χ1v) is 11.5. The SMILES string of the molecule is CSc1ccc([C@@H]2C(C(=O)OC[C@H]3CCCO3)=C(C)NC3=C2C(=O)CCC3)cc1. The van der Waals surface area contributed by atoms with E-state index in [1.54, 1.807) is 11.8 Å². The average Bonchev–Trinajstić information content (AvgIpc) is 3.25. The number of benzene rings is 1. The van der Waals surface area contributed by atoms with Gasteiger partial charge in [0, 0.05) is 40.8 Å². The van der Waals surface area contributed by atoms with Gasteiger partial charge in [0.25, 0.3) is 0 Å². The van der Waals surface area contributed by atoms with E-state index >= 15 is 0 Å². The lowest BCUT2D eigenvalue weighted by Crippen LogP contribution is -2.35. The van der Waals surface area contributed by atoms with Crippen LogP contribution in [0.4, 0.5) is 0 Å². The molecule has 1 aliphatic carbocycles. The van der Waals surface area contributed by atoms with E-state index in [-0.39, 0.29) is 30.4 Å². The molecule has 0 spiro atoms. The predicted octanol–water partition coefficient (Wildman–Crippen LogP) is 4.10. The maximum Gasteiger partial charge on any atom is 0.336 e. The molecule has 154 valence electrons. The summed E-state index contributed by atoms with van der Waals surface area (Å²) in [6, 6.07) is 8.13. The minimum absolute atomic E-state index is 0.0261. The fourth-order valence-corrected chi connectivity index (χ4v) is 4.81. The van der Waals surface area contributed by atoms with Crippen LogP contribution in [-0.2, 0) is 19.1 Å². The van der Waals surface area contributed by atoms with Crippen molar-refractivity contribution in [1.29, 1.82) is 0 Å². The topological polar surface area (TPSA) is 64.6 Å². The zero-order valence-corrected chi connectivity index (χ0v) is 17.8. The molecular formula is C23H27NO4S. The van der Waals surface area contributed by atoms with Gasteiger partial charge in [-0.05, 0) is 56.6 Å². The second kappa shape index (κ2) is 8.76.